The van der Waals surface area contributed by atoms with E-state index in [4.69, 9.17) is 25.1 Å². The molecule has 1 aliphatic heterocycles. The van der Waals surface area contributed by atoms with Gasteiger partial charge in [0, 0.05) is 42.2 Å². The first-order chi connectivity index (χ1) is 19.0. The summed E-state index contributed by atoms with van der Waals surface area (Å²) < 4.78 is 11.6. The number of aliphatic hydroxyl groups excluding tert-OH is 1. The fraction of sp³-hybridized carbons (Fsp3) is 0.310. The second kappa shape index (κ2) is 13.4. The molecule has 3 N–H and O–H groups in total. The molecule has 0 bridgehead atoms. The predicted molar refractivity (Wildman–Crippen MR) is 149 cm³/mol. The minimum absolute atomic E-state index is 0.0210. The molecule has 0 aliphatic carbocycles. The number of aliphatic hydroxyl groups is 1. The lowest BCUT2D eigenvalue weighted by molar-refractivity contribution is -0.127. The molecule has 1 amide bonds. The van der Waals surface area contributed by atoms with E-state index in [2.05, 4.69) is 45.1 Å². The molecule has 0 saturated carbocycles. The Balaban J connectivity index is 1.52. The molecule has 39 heavy (non-hydrogen) atoms. The van der Waals surface area contributed by atoms with Crippen LogP contribution in [0.1, 0.15) is 28.7 Å². The smallest absolute Gasteiger partial charge is 0.266 e. The second-order valence-corrected chi connectivity index (χ2v) is 9.30. The predicted octanol–water partition coefficient (Wildman–Crippen LogP) is 4.32. The van der Waals surface area contributed by atoms with Crippen LogP contribution in [0, 0.1) is 6.92 Å². The number of amides is 1. The Kier molecular flexibility index (Phi) is 9.53. The van der Waals surface area contributed by atoms with E-state index < -0.39 is 5.54 Å². The summed E-state index contributed by atoms with van der Waals surface area (Å²) in [5.74, 6) is 0.657. The molecular formula is C29H32N6O4. The van der Waals surface area contributed by atoms with Crippen LogP contribution in [0.4, 0.5) is 5.69 Å². The monoisotopic (exact) mass is 528 g/mol. The molecule has 202 valence electrons. The lowest BCUT2D eigenvalue weighted by Gasteiger charge is -2.24. The fourth-order valence-corrected chi connectivity index (χ4v) is 4.17. The van der Waals surface area contributed by atoms with Crippen LogP contribution in [0.3, 0.4) is 0 Å². The van der Waals surface area contributed by atoms with Crippen LogP contribution < -0.4 is 15.6 Å². The summed E-state index contributed by atoms with van der Waals surface area (Å²) in [5.41, 5.74) is 17.7. The van der Waals surface area contributed by atoms with Crippen molar-refractivity contribution >= 4 is 17.5 Å². The largest absolute Gasteiger partial charge is 0.494 e. The number of hydrogen-bond donors (Lipinski definition) is 3. The highest BCUT2D eigenvalue weighted by atomic mass is 16.5. The third-order valence-corrected chi connectivity index (χ3v) is 6.35. The molecule has 10 nitrogen and oxygen atoms in total. The van der Waals surface area contributed by atoms with E-state index in [0.717, 1.165) is 12.0 Å². The van der Waals surface area contributed by atoms with Gasteiger partial charge in [-0.25, -0.2) is 10.4 Å². The normalized spacial score (nSPS) is 16.1. The van der Waals surface area contributed by atoms with Gasteiger partial charge in [-0.1, -0.05) is 59.2 Å². The summed E-state index contributed by atoms with van der Waals surface area (Å²) in [6, 6.07) is 22.6. The summed E-state index contributed by atoms with van der Waals surface area (Å²) in [6.07, 6.45) is 1.47. The minimum atomic E-state index is -1.27. The number of carbonyl (C=O) groups excluding carboxylic acids is 1. The van der Waals surface area contributed by atoms with Crippen molar-refractivity contribution in [2.75, 3.05) is 26.4 Å². The van der Waals surface area contributed by atoms with Gasteiger partial charge in [0.1, 0.15) is 12.4 Å². The van der Waals surface area contributed by atoms with Crippen molar-refractivity contribution in [1.29, 1.82) is 0 Å². The van der Waals surface area contributed by atoms with Crippen LogP contribution in [-0.2, 0) is 22.4 Å². The number of nitrogens with zero attached hydrogens (tertiary/aromatic N) is 4. The van der Waals surface area contributed by atoms with E-state index in [1.54, 1.807) is 24.3 Å². The van der Waals surface area contributed by atoms with Crippen LogP contribution in [-0.4, -0.2) is 48.8 Å². The number of benzene rings is 3. The first-order valence-corrected chi connectivity index (χ1v) is 12.8. The molecule has 3 aromatic carbocycles. The molecule has 0 aromatic heterocycles. The Morgan fingerprint density at radius 1 is 1.15 bits per heavy atom. The van der Waals surface area contributed by atoms with Crippen molar-refractivity contribution < 1.29 is 19.4 Å². The van der Waals surface area contributed by atoms with Crippen molar-refractivity contribution in [1.82, 2.24) is 10.9 Å². The van der Waals surface area contributed by atoms with Crippen LogP contribution in [0.15, 0.2) is 82.9 Å². The average Bonchev–Trinajstić information content (AvgIpc) is 3.39. The van der Waals surface area contributed by atoms with Gasteiger partial charge in [-0.2, -0.15) is 0 Å². The van der Waals surface area contributed by atoms with Crippen molar-refractivity contribution in [3.8, 4) is 5.75 Å². The molecule has 0 fully saturated rings. The number of ether oxygens (including phenoxy) is 2. The number of nitrogens with one attached hydrogen (secondary N) is 2. The highest BCUT2D eigenvalue weighted by Crippen LogP contribution is 2.31. The summed E-state index contributed by atoms with van der Waals surface area (Å²) in [5, 5.41) is 12.7. The quantitative estimate of drug-likeness (QED) is 0.0996. The first kappa shape index (κ1) is 27.7. The van der Waals surface area contributed by atoms with Gasteiger partial charge >= 0.3 is 0 Å². The van der Waals surface area contributed by atoms with Gasteiger partial charge in [0.15, 0.2) is 5.54 Å². The lowest BCUT2D eigenvalue weighted by atomic mass is 9.91. The van der Waals surface area contributed by atoms with Crippen molar-refractivity contribution in [3.63, 3.8) is 0 Å². The van der Waals surface area contributed by atoms with Crippen molar-refractivity contribution in [3.05, 3.63) is 105 Å². The standard InChI is InChI=1S/C29H32N6O4/c1-21-7-9-22(10-8-21)15-16-31-34-28(37)29(19-24-5-2-3-6-26(24)33-35-30)20-39-27(32-29)23-11-13-25(14-12-23)38-18-4-17-36/h2-3,5-14,31,36H,4,15-20H2,1H3,(H,34,37)/t29-/m0/s1. The van der Waals surface area contributed by atoms with Crippen LogP contribution in [0.2, 0.25) is 0 Å². The number of aryl methyl sites for hydroxylation is 1. The van der Waals surface area contributed by atoms with E-state index in [-0.39, 0.29) is 25.5 Å². The topological polar surface area (TPSA) is 141 Å². The zero-order valence-electron chi connectivity index (χ0n) is 21.8. The van der Waals surface area contributed by atoms with E-state index in [1.165, 1.54) is 5.56 Å². The van der Waals surface area contributed by atoms with Gasteiger partial charge in [0.05, 0.1) is 6.61 Å². The summed E-state index contributed by atoms with van der Waals surface area (Å²) in [7, 11) is 0. The summed E-state index contributed by atoms with van der Waals surface area (Å²) >= 11 is 0. The average molecular weight is 529 g/mol. The van der Waals surface area contributed by atoms with Crippen LogP contribution in [0.25, 0.3) is 10.4 Å². The zero-order valence-corrected chi connectivity index (χ0v) is 21.8. The van der Waals surface area contributed by atoms with E-state index in [9.17, 15) is 4.79 Å². The molecule has 4 rings (SSSR count). The van der Waals surface area contributed by atoms with Gasteiger partial charge in [-0.05, 0) is 54.3 Å². The molecule has 10 heteroatoms. The lowest BCUT2D eigenvalue weighted by Crippen LogP contribution is -2.53. The molecular weight excluding hydrogens is 496 g/mol. The maximum Gasteiger partial charge on any atom is 0.266 e. The third-order valence-electron chi connectivity index (χ3n) is 6.35. The van der Waals surface area contributed by atoms with Gasteiger partial charge in [0.25, 0.3) is 5.91 Å². The first-order valence-electron chi connectivity index (χ1n) is 12.8. The van der Waals surface area contributed by atoms with Gasteiger partial charge in [0.2, 0.25) is 5.90 Å². The molecule has 3 aromatic rings. The fourth-order valence-electron chi connectivity index (χ4n) is 4.17. The Morgan fingerprint density at radius 3 is 2.67 bits per heavy atom. The summed E-state index contributed by atoms with van der Waals surface area (Å²) in [6.45, 7) is 3.08. The Bertz CT molecular complexity index is 1340. The Labute approximate surface area is 227 Å². The second-order valence-electron chi connectivity index (χ2n) is 9.30. The maximum absolute atomic E-state index is 13.6. The Morgan fingerprint density at radius 2 is 1.92 bits per heavy atom. The number of azide groups is 1. The SMILES string of the molecule is Cc1ccc(CCNNC(=O)[C@]2(Cc3ccccc3N=[N+]=[N-])COC(c3ccc(OCCCO)cc3)=N2)cc1. The molecule has 0 saturated heterocycles. The number of rotatable bonds is 13. The van der Waals surface area contributed by atoms with Crippen molar-refractivity contribution in [2.45, 2.75) is 31.7 Å². The highest BCUT2D eigenvalue weighted by Gasteiger charge is 2.45. The highest BCUT2D eigenvalue weighted by molar-refractivity contribution is 6.00. The van der Waals surface area contributed by atoms with Crippen molar-refractivity contribution in [2.24, 2.45) is 10.1 Å². The number of hydrogen-bond acceptors (Lipinski definition) is 7. The number of hydrazine groups is 1. The van der Waals surface area contributed by atoms with Gasteiger partial charge in [-0.3, -0.25) is 10.2 Å². The number of carbonyl (C=O) groups is 1. The minimum Gasteiger partial charge on any atom is -0.494 e. The van der Waals surface area contributed by atoms with Gasteiger partial charge < -0.3 is 14.6 Å². The molecule has 0 radical (unpaired) electrons. The molecule has 0 spiro atoms. The van der Waals surface area contributed by atoms with E-state index in [0.29, 0.717) is 48.0 Å². The zero-order chi connectivity index (χ0) is 27.5. The molecule has 1 aliphatic rings. The molecule has 0 unspecified atom stereocenters. The Hall–Kier alpha value is -4.37. The van der Waals surface area contributed by atoms with Gasteiger partial charge in [-0.15, -0.1) is 0 Å². The van der Waals surface area contributed by atoms with Crippen LogP contribution >= 0.6 is 0 Å². The molecule has 1 heterocycles. The van der Waals surface area contributed by atoms with E-state index in [1.807, 2.05) is 31.2 Å². The third kappa shape index (κ3) is 7.36. The van der Waals surface area contributed by atoms with Crippen LogP contribution in [0.5, 0.6) is 5.75 Å². The van der Waals surface area contributed by atoms with E-state index >= 15 is 0 Å². The maximum atomic E-state index is 13.6. The number of aliphatic imine (C=N–C) groups is 1. The summed E-state index contributed by atoms with van der Waals surface area (Å²) in [4.78, 5) is 21.3. The molecule has 1 atom stereocenters.